The quantitative estimate of drug-likeness (QED) is 0.822. The minimum Gasteiger partial charge on any atom is -0.508 e. The van der Waals surface area contributed by atoms with Crippen molar-refractivity contribution in [1.82, 2.24) is 5.32 Å². The molecule has 1 aliphatic heterocycles. The van der Waals surface area contributed by atoms with E-state index in [1.54, 1.807) is 18.2 Å². The van der Waals surface area contributed by atoms with Crippen molar-refractivity contribution in [2.24, 2.45) is 5.92 Å². The Morgan fingerprint density at radius 1 is 1.38 bits per heavy atom. The van der Waals surface area contributed by atoms with Crippen molar-refractivity contribution >= 4 is 0 Å². The lowest BCUT2D eigenvalue weighted by Gasteiger charge is -2.28. The Morgan fingerprint density at radius 2 is 2.12 bits per heavy atom. The van der Waals surface area contributed by atoms with E-state index in [-0.39, 0.29) is 11.9 Å². The van der Waals surface area contributed by atoms with Crippen LogP contribution in [0.1, 0.15) is 19.8 Å². The minimum absolute atomic E-state index is 0.212. The van der Waals surface area contributed by atoms with Crippen molar-refractivity contribution in [1.29, 1.82) is 0 Å². The molecule has 0 radical (unpaired) electrons. The van der Waals surface area contributed by atoms with E-state index >= 15 is 0 Å². The number of hydrogen-bond donors (Lipinski definition) is 2. The lowest BCUT2D eigenvalue weighted by atomic mass is 9.93. The predicted molar refractivity (Wildman–Crippen MR) is 63.8 cm³/mol. The van der Waals surface area contributed by atoms with Crippen LogP contribution in [0.4, 0.5) is 0 Å². The van der Waals surface area contributed by atoms with E-state index in [0.717, 1.165) is 18.8 Å². The Bertz CT molecular complexity index is 334. The van der Waals surface area contributed by atoms with Gasteiger partial charge in [-0.2, -0.15) is 0 Å². The van der Waals surface area contributed by atoms with Crippen molar-refractivity contribution in [3.05, 3.63) is 24.3 Å². The minimum atomic E-state index is 0.212. The van der Waals surface area contributed by atoms with E-state index in [1.807, 2.05) is 6.07 Å². The van der Waals surface area contributed by atoms with E-state index in [4.69, 9.17) is 4.74 Å². The number of ether oxygens (including phenoxy) is 1. The zero-order valence-electron chi connectivity index (χ0n) is 9.65. The molecular formula is C13H19NO2. The topological polar surface area (TPSA) is 41.5 Å². The van der Waals surface area contributed by atoms with Gasteiger partial charge in [-0.15, -0.1) is 0 Å². The van der Waals surface area contributed by atoms with E-state index in [2.05, 4.69) is 12.2 Å². The highest BCUT2D eigenvalue weighted by molar-refractivity contribution is 5.31. The van der Waals surface area contributed by atoms with Crippen LogP contribution in [-0.2, 0) is 0 Å². The van der Waals surface area contributed by atoms with E-state index in [1.165, 1.54) is 12.8 Å². The molecule has 1 aromatic rings. The van der Waals surface area contributed by atoms with Gasteiger partial charge in [0.2, 0.25) is 0 Å². The van der Waals surface area contributed by atoms with E-state index in [0.29, 0.717) is 5.92 Å². The van der Waals surface area contributed by atoms with Gasteiger partial charge in [0.05, 0.1) is 6.10 Å². The normalized spacial score (nSPS) is 19.3. The highest BCUT2D eigenvalue weighted by atomic mass is 16.5. The zero-order chi connectivity index (χ0) is 11.4. The molecule has 16 heavy (non-hydrogen) atoms. The number of phenols is 1. The molecule has 1 fully saturated rings. The summed E-state index contributed by atoms with van der Waals surface area (Å²) in [5.74, 6) is 1.63. The second-order valence-electron chi connectivity index (χ2n) is 4.41. The van der Waals surface area contributed by atoms with Crippen molar-refractivity contribution < 1.29 is 9.84 Å². The van der Waals surface area contributed by atoms with Crippen LogP contribution in [-0.4, -0.2) is 24.3 Å². The van der Waals surface area contributed by atoms with Crippen molar-refractivity contribution in [2.75, 3.05) is 13.1 Å². The Morgan fingerprint density at radius 3 is 2.81 bits per heavy atom. The molecule has 1 heterocycles. The molecule has 88 valence electrons. The molecule has 1 saturated heterocycles. The Balaban J connectivity index is 1.93. The molecule has 3 heteroatoms. The van der Waals surface area contributed by atoms with Gasteiger partial charge in [-0.3, -0.25) is 0 Å². The van der Waals surface area contributed by atoms with E-state index < -0.39 is 0 Å². The highest BCUT2D eigenvalue weighted by Gasteiger charge is 2.21. The van der Waals surface area contributed by atoms with Gasteiger partial charge in [-0.1, -0.05) is 6.07 Å². The third-order valence-corrected chi connectivity index (χ3v) is 3.19. The summed E-state index contributed by atoms with van der Waals surface area (Å²) in [5.41, 5.74) is 0. The molecule has 1 aliphatic rings. The smallest absolute Gasteiger partial charge is 0.123 e. The first-order valence-electron chi connectivity index (χ1n) is 5.92. The summed E-state index contributed by atoms with van der Waals surface area (Å²) in [7, 11) is 0. The van der Waals surface area contributed by atoms with Crippen LogP contribution in [0.15, 0.2) is 24.3 Å². The number of rotatable bonds is 3. The van der Waals surface area contributed by atoms with Gasteiger partial charge < -0.3 is 15.2 Å². The molecule has 0 amide bonds. The second kappa shape index (κ2) is 5.21. The van der Waals surface area contributed by atoms with Crippen molar-refractivity contribution in [3.63, 3.8) is 0 Å². The fraction of sp³-hybridized carbons (Fsp3) is 0.538. The molecule has 1 aromatic carbocycles. The first-order valence-corrected chi connectivity index (χ1v) is 5.92. The van der Waals surface area contributed by atoms with Crippen LogP contribution in [0, 0.1) is 5.92 Å². The molecule has 0 aromatic heterocycles. The average Bonchev–Trinajstić information content (AvgIpc) is 2.30. The van der Waals surface area contributed by atoms with Crippen LogP contribution in [0.5, 0.6) is 11.5 Å². The van der Waals surface area contributed by atoms with Gasteiger partial charge in [0.1, 0.15) is 11.5 Å². The summed E-state index contributed by atoms with van der Waals surface area (Å²) in [5, 5.41) is 12.7. The molecule has 1 atom stereocenters. The largest absolute Gasteiger partial charge is 0.508 e. The van der Waals surface area contributed by atoms with Crippen molar-refractivity contribution in [2.45, 2.75) is 25.9 Å². The third kappa shape index (κ3) is 2.89. The summed E-state index contributed by atoms with van der Waals surface area (Å²) >= 11 is 0. The van der Waals surface area contributed by atoms with Crippen LogP contribution < -0.4 is 10.1 Å². The molecular weight excluding hydrogens is 202 g/mol. The average molecular weight is 221 g/mol. The maximum absolute atomic E-state index is 9.35. The summed E-state index contributed by atoms with van der Waals surface area (Å²) in [6.45, 7) is 4.27. The van der Waals surface area contributed by atoms with Crippen LogP contribution in [0.2, 0.25) is 0 Å². The maximum Gasteiger partial charge on any atom is 0.123 e. The van der Waals surface area contributed by atoms with Gasteiger partial charge in [0.15, 0.2) is 0 Å². The number of benzene rings is 1. The molecule has 2 rings (SSSR count). The third-order valence-electron chi connectivity index (χ3n) is 3.19. The van der Waals surface area contributed by atoms with Gasteiger partial charge in [0.25, 0.3) is 0 Å². The van der Waals surface area contributed by atoms with Crippen molar-refractivity contribution in [3.8, 4) is 11.5 Å². The summed E-state index contributed by atoms with van der Waals surface area (Å²) in [4.78, 5) is 0. The fourth-order valence-electron chi connectivity index (χ4n) is 2.18. The predicted octanol–water partition coefficient (Wildman–Crippen LogP) is 2.16. The van der Waals surface area contributed by atoms with Crippen LogP contribution in [0.3, 0.4) is 0 Å². The van der Waals surface area contributed by atoms with Gasteiger partial charge in [0, 0.05) is 6.07 Å². The Hall–Kier alpha value is -1.22. The van der Waals surface area contributed by atoms with Gasteiger partial charge in [-0.25, -0.2) is 0 Å². The number of aromatic hydroxyl groups is 1. The number of hydrogen-bond acceptors (Lipinski definition) is 3. The number of phenolic OH excluding ortho intramolecular Hbond substituents is 1. The van der Waals surface area contributed by atoms with E-state index in [9.17, 15) is 5.11 Å². The fourth-order valence-corrected chi connectivity index (χ4v) is 2.18. The standard InChI is InChI=1S/C13H19NO2/c1-10(11-5-7-14-8-6-11)16-13-4-2-3-12(15)9-13/h2-4,9-11,14-15H,5-8H2,1H3. The second-order valence-corrected chi connectivity index (χ2v) is 4.41. The molecule has 2 N–H and O–H groups in total. The van der Waals surface area contributed by atoms with Gasteiger partial charge >= 0.3 is 0 Å². The first kappa shape index (κ1) is 11.3. The summed E-state index contributed by atoms with van der Waals surface area (Å²) in [6, 6.07) is 7.01. The zero-order valence-corrected chi connectivity index (χ0v) is 9.65. The SMILES string of the molecule is CC(Oc1cccc(O)c1)C1CCNCC1. The lowest BCUT2D eigenvalue weighted by molar-refractivity contribution is 0.128. The first-order chi connectivity index (χ1) is 7.75. The van der Waals surface area contributed by atoms with Crippen LogP contribution in [0.25, 0.3) is 0 Å². The lowest BCUT2D eigenvalue weighted by Crippen LogP contribution is -2.35. The van der Waals surface area contributed by atoms with Gasteiger partial charge in [-0.05, 0) is 50.9 Å². The molecule has 0 bridgehead atoms. The number of piperidine rings is 1. The summed E-state index contributed by atoms with van der Waals surface area (Å²) in [6.07, 6.45) is 2.55. The monoisotopic (exact) mass is 221 g/mol. The number of nitrogens with one attached hydrogen (secondary N) is 1. The molecule has 0 saturated carbocycles. The molecule has 0 spiro atoms. The molecule has 3 nitrogen and oxygen atoms in total. The Kier molecular flexibility index (Phi) is 3.67. The molecule has 1 unspecified atom stereocenters. The highest BCUT2D eigenvalue weighted by Crippen LogP contribution is 2.24. The maximum atomic E-state index is 9.35. The summed E-state index contributed by atoms with van der Waals surface area (Å²) < 4.78 is 5.85. The molecule has 0 aliphatic carbocycles. The Labute approximate surface area is 96.4 Å². The van der Waals surface area contributed by atoms with Crippen LogP contribution >= 0.6 is 0 Å².